The van der Waals surface area contributed by atoms with Gasteiger partial charge >= 0.3 is 0 Å². The highest BCUT2D eigenvalue weighted by molar-refractivity contribution is 5.38. The van der Waals surface area contributed by atoms with Crippen LogP contribution in [0.5, 0.6) is 11.5 Å². The van der Waals surface area contributed by atoms with Crippen LogP contribution >= 0.6 is 0 Å². The molecular weight excluding hydrogens is 259 g/mol. The Labute approximate surface area is 117 Å². The molecule has 0 aliphatic heterocycles. The zero-order chi connectivity index (χ0) is 14.5. The molecule has 0 saturated carbocycles. The predicted molar refractivity (Wildman–Crippen MR) is 74.4 cm³/mol. The fourth-order valence-corrected chi connectivity index (χ4v) is 1.97. The van der Waals surface area contributed by atoms with Crippen LogP contribution < -0.4 is 9.47 Å². The molecule has 0 unspecified atom stereocenters. The van der Waals surface area contributed by atoms with Crippen molar-refractivity contribution in [1.82, 2.24) is 0 Å². The van der Waals surface area contributed by atoms with Crippen molar-refractivity contribution in [2.45, 2.75) is 20.1 Å². The lowest BCUT2D eigenvalue weighted by atomic mass is 10.1. The van der Waals surface area contributed by atoms with Gasteiger partial charge in [-0.25, -0.2) is 4.39 Å². The Hall–Kier alpha value is -2.07. The topological polar surface area (TPSA) is 38.7 Å². The van der Waals surface area contributed by atoms with Crippen molar-refractivity contribution in [2.24, 2.45) is 0 Å². The van der Waals surface area contributed by atoms with Crippen molar-refractivity contribution in [1.29, 1.82) is 0 Å². The molecule has 3 nitrogen and oxygen atoms in total. The minimum Gasteiger partial charge on any atom is -0.496 e. The summed E-state index contributed by atoms with van der Waals surface area (Å²) in [6.07, 6.45) is 0. The van der Waals surface area contributed by atoms with Crippen molar-refractivity contribution < 1.29 is 19.0 Å². The van der Waals surface area contributed by atoms with Crippen molar-refractivity contribution in [2.75, 3.05) is 7.11 Å². The Bertz CT molecular complexity index is 596. The molecule has 0 aliphatic rings. The van der Waals surface area contributed by atoms with Crippen LogP contribution in [0.25, 0.3) is 0 Å². The highest BCUT2D eigenvalue weighted by Crippen LogP contribution is 2.24. The standard InChI is InChI=1S/C16H17FO3/c1-11-7-14(17)4-6-15(11)20-10-13-8-12(9-18)3-5-16(13)19-2/h3-8,18H,9-10H2,1-2H3. The van der Waals surface area contributed by atoms with Crippen LogP contribution in [-0.2, 0) is 13.2 Å². The van der Waals surface area contributed by atoms with E-state index in [1.807, 2.05) is 6.07 Å². The number of ether oxygens (including phenoxy) is 2. The molecule has 0 spiro atoms. The minimum absolute atomic E-state index is 0.0351. The molecule has 2 aromatic rings. The molecule has 0 radical (unpaired) electrons. The second-order valence-electron chi connectivity index (χ2n) is 4.50. The first kappa shape index (κ1) is 14.3. The van der Waals surface area contributed by atoms with Gasteiger partial charge in [0.2, 0.25) is 0 Å². The number of hydrogen-bond acceptors (Lipinski definition) is 3. The lowest BCUT2D eigenvalue weighted by Gasteiger charge is -2.13. The minimum atomic E-state index is -0.283. The molecule has 20 heavy (non-hydrogen) atoms. The van der Waals surface area contributed by atoms with Crippen LogP contribution in [0, 0.1) is 12.7 Å². The Morgan fingerprint density at radius 2 is 1.85 bits per heavy atom. The maximum absolute atomic E-state index is 13.0. The molecule has 0 bridgehead atoms. The number of halogens is 1. The molecule has 0 saturated heterocycles. The number of aliphatic hydroxyl groups excluding tert-OH is 1. The summed E-state index contributed by atoms with van der Waals surface area (Å²) < 4.78 is 24.0. The van der Waals surface area contributed by atoms with Gasteiger partial charge in [0.15, 0.2) is 0 Å². The van der Waals surface area contributed by atoms with E-state index in [0.29, 0.717) is 18.1 Å². The highest BCUT2D eigenvalue weighted by atomic mass is 19.1. The summed E-state index contributed by atoms with van der Waals surface area (Å²) in [4.78, 5) is 0. The van der Waals surface area contributed by atoms with E-state index in [0.717, 1.165) is 16.7 Å². The van der Waals surface area contributed by atoms with Crippen molar-refractivity contribution in [3.8, 4) is 11.5 Å². The lowest BCUT2D eigenvalue weighted by molar-refractivity contribution is 0.278. The van der Waals surface area contributed by atoms with Gasteiger partial charge in [-0.1, -0.05) is 6.07 Å². The molecule has 2 rings (SSSR count). The summed E-state index contributed by atoms with van der Waals surface area (Å²) in [5.74, 6) is 1.04. The van der Waals surface area contributed by atoms with E-state index >= 15 is 0 Å². The summed E-state index contributed by atoms with van der Waals surface area (Å²) in [7, 11) is 1.58. The monoisotopic (exact) mass is 276 g/mol. The molecule has 0 atom stereocenters. The summed E-state index contributed by atoms with van der Waals surface area (Å²) in [6.45, 7) is 2.05. The predicted octanol–water partition coefficient (Wildman–Crippen LogP) is 3.21. The Kier molecular flexibility index (Phi) is 4.58. The molecule has 0 aromatic heterocycles. The van der Waals surface area contributed by atoms with E-state index in [9.17, 15) is 4.39 Å². The van der Waals surface area contributed by atoms with Gasteiger partial charge in [0, 0.05) is 5.56 Å². The van der Waals surface area contributed by atoms with Gasteiger partial charge in [-0.15, -0.1) is 0 Å². The van der Waals surface area contributed by atoms with Crippen LogP contribution in [0.2, 0.25) is 0 Å². The molecule has 0 fully saturated rings. The van der Waals surface area contributed by atoms with Crippen LogP contribution in [0.1, 0.15) is 16.7 Å². The third-order valence-electron chi connectivity index (χ3n) is 3.05. The summed E-state index contributed by atoms with van der Waals surface area (Å²) in [5, 5.41) is 9.16. The van der Waals surface area contributed by atoms with Crippen LogP contribution in [0.15, 0.2) is 36.4 Å². The summed E-state index contributed by atoms with van der Waals surface area (Å²) in [5.41, 5.74) is 2.37. The first-order chi connectivity index (χ1) is 9.63. The number of methoxy groups -OCH3 is 1. The van der Waals surface area contributed by atoms with Gasteiger partial charge in [-0.2, -0.15) is 0 Å². The fourth-order valence-electron chi connectivity index (χ4n) is 1.97. The SMILES string of the molecule is COc1ccc(CO)cc1COc1ccc(F)cc1C. The smallest absolute Gasteiger partial charge is 0.125 e. The van der Waals surface area contributed by atoms with Gasteiger partial charge in [0.1, 0.15) is 23.9 Å². The van der Waals surface area contributed by atoms with E-state index in [1.54, 1.807) is 32.2 Å². The number of aliphatic hydroxyl groups is 1. The van der Waals surface area contributed by atoms with Gasteiger partial charge in [-0.3, -0.25) is 0 Å². The zero-order valence-electron chi connectivity index (χ0n) is 11.5. The average molecular weight is 276 g/mol. The largest absolute Gasteiger partial charge is 0.496 e. The third kappa shape index (κ3) is 3.27. The molecule has 106 valence electrons. The quantitative estimate of drug-likeness (QED) is 0.911. The van der Waals surface area contributed by atoms with Crippen molar-refractivity contribution >= 4 is 0 Å². The van der Waals surface area contributed by atoms with E-state index in [2.05, 4.69) is 0 Å². The summed E-state index contributed by atoms with van der Waals surface area (Å²) in [6, 6.07) is 9.82. The molecule has 2 aromatic carbocycles. The van der Waals surface area contributed by atoms with E-state index in [4.69, 9.17) is 14.6 Å². The molecule has 4 heteroatoms. The number of aryl methyl sites for hydroxylation is 1. The molecule has 1 N–H and O–H groups in total. The van der Waals surface area contributed by atoms with Crippen molar-refractivity contribution in [3.63, 3.8) is 0 Å². The number of benzene rings is 2. The second kappa shape index (κ2) is 6.39. The summed E-state index contributed by atoms with van der Waals surface area (Å²) >= 11 is 0. The van der Waals surface area contributed by atoms with E-state index in [1.165, 1.54) is 12.1 Å². The highest BCUT2D eigenvalue weighted by Gasteiger charge is 2.07. The maximum Gasteiger partial charge on any atom is 0.125 e. The molecule has 0 amide bonds. The third-order valence-corrected chi connectivity index (χ3v) is 3.05. The number of rotatable bonds is 5. The zero-order valence-corrected chi connectivity index (χ0v) is 11.5. The van der Waals surface area contributed by atoms with E-state index < -0.39 is 0 Å². The Balaban J connectivity index is 2.17. The number of hydrogen-bond donors (Lipinski definition) is 1. The van der Waals surface area contributed by atoms with Gasteiger partial charge in [-0.05, 0) is 48.4 Å². The molecule has 0 aliphatic carbocycles. The fraction of sp³-hybridized carbons (Fsp3) is 0.250. The first-order valence-electron chi connectivity index (χ1n) is 6.29. The lowest BCUT2D eigenvalue weighted by Crippen LogP contribution is -2.01. The van der Waals surface area contributed by atoms with Gasteiger partial charge < -0.3 is 14.6 Å². The Morgan fingerprint density at radius 3 is 2.50 bits per heavy atom. The van der Waals surface area contributed by atoms with Crippen LogP contribution in [-0.4, -0.2) is 12.2 Å². The van der Waals surface area contributed by atoms with Crippen LogP contribution in [0.3, 0.4) is 0 Å². The Morgan fingerprint density at radius 1 is 1.10 bits per heavy atom. The van der Waals surface area contributed by atoms with Gasteiger partial charge in [0.25, 0.3) is 0 Å². The van der Waals surface area contributed by atoms with Gasteiger partial charge in [0.05, 0.1) is 13.7 Å². The van der Waals surface area contributed by atoms with E-state index in [-0.39, 0.29) is 12.4 Å². The molecule has 0 heterocycles. The normalized spacial score (nSPS) is 10.4. The second-order valence-corrected chi connectivity index (χ2v) is 4.50. The average Bonchev–Trinajstić information content (AvgIpc) is 2.46. The van der Waals surface area contributed by atoms with Crippen molar-refractivity contribution in [3.05, 3.63) is 58.9 Å². The maximum atomic E-state index is 13.0. The first-order valence-corrected chi connectivity index (χ1v) is 6.29. The molecular formula is C16H17FO3. The van der Waals surface area contributed by atoms with Crippen LogP contribution in [0.4, 0.5) is 4.39 Å².